The summed E-state index contributed by atoms with van der Waals surface area (Å²) in [7, 11) is 0. The van der Waals surface area contributed by atoms with Gasteiger partial charge in [0.15, 0.2) is 0 Å². The topological polar surface area (TPSA) is 119 Å². The highest BCUT2D eigenvalue weighted by atomic mass is 19.4. The van der Waals surface area contributed by atoms with E-state index in [9.17, 15) is 13.2 Å². The third-order valence-corrected chi connectivity index (χ3v) is 5.72. The summed E-state index contributed by atoms with van der Waals surface area (Å²) in [5, 5.41) is 3.92. The number of aromatic amines is 1. The Kier molecular flexibility index (Phi) is 6.07. The molecule has 7 nitrogen and oxygen atoms in total. The molecule has 178 valence electrons. The number of nitrogens with two attached hydrogens (primary N) is 2. The van der Waals surface area contributed by atoms with Crippen LogP contribution in [0.25, 0.3) is 38.6 Å². The van der Waals surface area contributed by atoms with Crippen molar-refractivity contribution in [2.45, 2.75) is 38.9 Å². The van der Waals surface area contributed by atoms with E-state index in [2.05, 4.69) is 31.8 Å². The molecule has 0 bridgehead atoms. The Balaban J connectivity index is 0.00000133. The summed E-state index contributed by atoms with van der Waals surface area (Å²) >= 11 is 0. The van der Waals surface area contributed by atoms with E-state index in [0.717, 1.165) is 16.5 Å². The van der Waals surface area contributed by atoms with Crippen molar-refractivity contribution in [3.63, 3.8) is 0 Å². The van der Waals surface area contributed by atoms with Gasteiger partial charge >= 0.3 is 6.18 Å². The highest BCUT2D eigenvalue weighted by Crippen LogP contribution is 2.43. The van der Waals surface area contributed by atoms with E-state index in [0.29, 0.717) is 34.8 Å². The molecule has 0 unspecified atom stereocenters. The largest absolute Gasteiger partial charge is 0.408 e. The van der Waals surface area contributed by atoms with Crippen LogP contribution in [0.5, 0.6) is 0 Å². The molecule has 10 heteroatoms. The molecule has 5 rings (SSSR count). The Labute approximate surface area is 194 Å². The number of benzene rings is 1. The monoisotopic (exact) mass is 469 g/mol. The van der Waals surface area contributed by atoms with E-state index in [1.165, 1.54) is 6.20 Å². The van der Waals surface area contributed by atoms with Crippen LogP contribution in [0.4, 0.5) is 24.9 Å². The average Bonchev–Trinajstić information content (AvgIpc) is 3.57. The van der Waals surface area contributed by atoms with Gasteiger partial charge in [0.2, 0.25) is 5.95 Å². The number of rotatable bonds is 5. The van der Waals surface area contributed by atoms with Gasteiger partial charge in [-0.05, 0) is 30.4 Å². The second-order valence-electron chi connectivity index (χ2n) is 8.01. The number of nitrogen functional groups attached to an aromatic ring is 1. The van der Waals surface area contributed by atoms with Crippen LogP contribution in [0.15, 0.2) is 43.4 Å². The van der Waals surface area contributed by atoms with Gasteiger partial charge in [0.1, 0.15) is 11.9 Å². The van der Waals surface area contributed by atoms with Crippen molar-refractivity contribution in [3.05, 3.63) is 48.9 Å². The molecular weight excluding hydrogens is 443 g/mol. The molecule has 0 radical (unpaired) electrons. The predicted molar refractivity (Wildman–Crippen MR) is 130 cm³/mol. The maximum Gasteiger partial charge on any atom is 0.408 e. The smallest absolute Gasteiger partial charge is 0.399 e. The minimum atomic E-state index is -4.38. The van der Waals surface area contributed by atoms with Gasteiger partial charge in [-0.1, -0.05) is 32.6 Å². The molecule has 1 aromatic carbocycles. The van der Waals surface area contributed by atoms with Crippen LogP contribution in [-0.4, -0.2) is 32.2 Å². The number of pyridine rings is 1. The van der Waals surface area contributed by atoms with Crippen molar-refractivity contribution < 1.29 is 13.2 Å². The zero-order chi connectivity index (χ0) is 24.6. The van der Waals surface area contributed by atoms with Gasteiger partial charge in [0.05, 0.1) is 10.9 Å². The van der Waals surface area contributed by atoms with E-state index in [1.54, 1.807) is 12.4 Å². The van der Waals surface area contributed by atoms with E-state index in [-0.39, 0.29) is 17.5 Å². The van der Waals surface area contributed by atoms with Gasteiger partial charge in [0, 0.05) is 46.3 Å². The van der Waals surface area contributed by atoms with E-state index in [1.807, 2.05) is 32.0 Å². The Bertz CT molecular complexity index is 1340. The summed E-state index contributed by atoms with van der Waals surface area (Å²) in [6.45, 7) is 7.78. The van der Waals surface area contributed by atoms with Gasteiger partial charge < -0.3 is 21.8 Å². The number of nitrogens with zero attached hydrogens (tertiary/aromatic N) is 3. The number of hydrogen-bond acceptors (Lipinski definition) is 6. The number of fused-ring (bicyclic) bond motifs is 3. The number of hydrogen-bond donors (Lipinski definition) is 4. The van der Waals surface area contributed by atoms with Gasteiger partial charge in [0.25, 0.3) is 0 Å². The molecule has 1 aliphatic rings. The first kappa shape index (κ1) is 23.3. The summed E-state index contributed by atoms with van der Waals surface area (Å²) in [5.74, 6) is -0.115. The van der Waals surface area contributed by atoms with Crippen molar-refractivity contribution in [1.29, 1.82) is 0 Å². The lowest BCUT2D eigenvalue weighted by Gasteiger charge is -2.22. The van der Waals surface area contributed by atoms with Gasteiger partial charge in [-0.2, -0.15) is 13.2 Å². The zero-order valence-electron chi connectivity index (χ0n) is 18.9. The van der Waals surface area contributed by atoms with Crippen LogP contribution in [0.3, 0.4) is 0 Å². The molecule has 3 aromatic heterocycles. The lowest BCUT2D eigenvalue weighted by molar-refractivity contribution is -0.146. The Morgan fingerprint density at radius 2 is 1.79 bits per heavy atom. The van der Waals surface area contributed by atoms with Crippen molar-refractivity contribution in [1.82, 2.24) is 19.9 Å². The third kappa shape index (κ3) is 4.35. The van der Waals surface area contributed by atoms with Crippen LogP contribution in [-0.2, 0) is 0 Å². The Morgan fingerprint density at radius 3 is 2.38 bits per heavy atom. The number of H-pyrrole nitrogens is 1. The summed E-state index contributed by atoms with van der Waals surface area (Å²) in [6.07, 6.45) is 1.36. The Hall–Kier alpha value is -3.82. The van der Waals surface area contributed by atoms with Crippen LogP contribution in [0.2, 0.25) is 0 Å². The van der Waals surface area contributed by atoms with Crippen LogP contribution >= 0.6 is 0 Å². The second kappa shape index (κ2) is 8.85. The predicted octanol–water partition coefficient (Wildman–Crippen LogP) is 5.46. The molecule has 3 heterocycles. The van der Waals surface area contributed by atoms with Crippen LogP contribution in [0, 0.1) is 5.92 Å². The van der Waals surface area contributed by atoms with Crippen molar-refractivity contribution >= 4 is 39.3 Å². The van der Waals surface area contributed by atoms with E-state index < -0.39 is 18.1 Å². The molecule has 0 spiro atoms. The minimum absolute atomic E-state index is 0.161. The van der Waals surface area contributed by atoms with Gasteiger partial charge in [-0.15, -0.1) is 0 Å². The molecule has 1 atom stereocenters. The van der Waals surface area contributed by atoms with Crippen molar-refractivity contribution in [2.75, 3.05) is 11.1 Å². The number of alkyl halides is 3. The first-order chi connectivity index (χ1) is 16.2. The molecule has 1 fully saturated rings. The lowest BCUT2D eigenvalue weighted by Crippen LogP contribution is -2.38. The summed E-state index contributed by atoms with van der Waals surface area (Å²) in [4.78, 5) is 15.6. The quantitative estimate of drug-likeness (QED) is 0.308. The molecule has 0 aliphatic heterocycles. The highest BCUT2D eigenvalue weighted by molar-refractivity contribution is 6.15. The van der Waals surface area contributed by atoms with Crippen molar-refractivity contribution in [3.8, 4) is 11.1 Å². The van der Waals surface area contributed by atoms with E-state index >= 15 is 0 Å². The highest BCUT2D eigenvalue weighted by Gasteiger charge is 2.49. The number of anilines is 2. The first-order valence-corrected chi connectivity index (χ1v) is 11.0. The normalized spacial score (nSPS) is 14.5. The van der Waals surface area contributed by atoms with E-state index in [4.69, 9.17) is 11.5 Å². The maximum absolute atomic E-state index is 13.7. The molecule has 0 saturated heterocycles. The maximum atomic E-state index is 13.7. The standard InChI is InChI=1S/C22H20F3N7.C2H6/c1-10(26)15-9-28-20(32-19(11-2-3-11)22(23,24)25)17-14-5-4-12(6-16(14)31-18(15)17)13-7-29-21(27)30-8-13;1-2/h4-9,11,19,31H,1-3,26H2,(H,28,32)(H2,27,29,30);1-2H3/t19-;/m1./s1. The SMILES string of the molecule is C=C(N)c1cnc(N[C@H](C2CC2)C(F)(F)F)c2c1[nH]c1cc(-c3cnc(N)nc3)ccc12.CC. The van der Waals surface area contributed by atoms with Gasteiger partial charge in [-0.25, -0.2) is 15.0 Å². The molecule has 4 aromatic rings. The number of aromatic nitrogens is 4. The molecule has 34 heavy (non-hydrogen) atoms. The fourth-order valence-electron chi connectivity index (χ4n) is 3.97. The van der Waals surface area contributed by atoms with Crippen molar-refractivity contribution in [2.24, 2.45) is 11.7 Å². The lowest BCUT2D eigenvalue weighted by atomic mass is 10.0. The van der Waals surface area contributed by atoms with Crippen LogP contribution < -0.4 is 16.8 Å². The number of nitrogens with one attached hydrogen (secondary N) is 2. The average molecular weight is 470 g/mol. The first-order valence-electron chi connectivity index (χ1n) is 11.0. The molecule has 1 saturated carbocycles. The Morgan fingerprint density at radius 1 is 1.12 bits per heavy atom. The fourth-order valence-corrected chi connectivity index (χ4v) is 3.97. The molecule has 1 aliphatic carbocycles. The fraction of sp³-hybridized carbons (Fsp3) is 0.292. The molecular formula is C24H26F3N7. The minimum Gasteiger partial charge on any atom is -0.399 e. The van der Waals surface area contributed by atoms with Gasteiger partial charge in [-0.3, -0.25) is 0 Å². The third-order valence-electron chi connectivity index (χ3n) is 5.72. The zero-order valence-corrected chi connectivity index (χ0v) is 18.9. The number of halogens is 3. The summed E-state index contributed by atoms with van der Waals surface area (Å²) in [6, 6.07) is 3.90. The second-order valence-corrected chi connectivity index (χ2v) is 8.01. The molecule has 6 N–H and O–H groups in total. The summed E-state index contributed by atoms with van der Waals surface area (Å²) < 4.78 is 41.0. The summed E-state index contributed by atoms with van der Waals surface area (Å²) in [5.41, 5.74) is 15.2. The molecule has 0 amide bonds. The van der Waals surface area contributed by atoms with Crippen LogP contribution in [0.1, 0.15) is 32.3 Å².